The van der Waals surface area contributed by atoms with Crippen LogP contribution in [0.3, 0.4) is 0 Å². The number of hydrogen-bond acceptors (Lipinski definition) is 6. The number of nitrogens with one attached hydrogen (secondary N) is 1. The number of nitrogens with zero attached hydrogens (tertiary/aromatic N) is 2. The van der Waals surface area contributed by atoms with Crippen LogP contribution in [0.5, 0.6) is 0 Å². The molecule has 8 heteroatoms. The van der Waals surface area contributed by atoms with E-state index in [1.165, 1.54) is 7.11 Å². The summed E-state index contributed by atoms with van der Waals surface area (Å²) in [5.74, 6) is -0.467. The molecule has 3 aliphatic rings. The quantitative estimate of drug-likeness (QED) is 0.523. The molecular formula is C18H29N3O5. The van der Waals surface area contributed by atoms with Crippen molar-refractivity contribution in [2.75, 3.05) is 33.9 Å². The van der Waals surface area contributed by atoms with E-state index in [-0.39, 0.29) is 24.5 Å². The number of amides is 2. The summed E-state index contributed by atoms with van der Waals surface area (Å²) in [6.45, 7) is 1.38. The molecule has 0 spiro atoms. The van der Waals surface area contributed by atoms with Crippen LogP contribution in [-0.2, 0) is 14.4 Å². The van der Waals surface area contributed by atoms with Gasteiger partial charge in [-0.15, -0.1) is 0 Å². The van der Waals surface area contributed by atoms with Crippen molar-refractivity contribution in [3.8, 4) is 0 Å². The van der Waals surface area contributed by atoms with E-state index in [4.69, 9.17) is 9.57 Å². The Bertz CT molecular complexity index is 569. The lowest BCUT2D eigenvalue weighted by Gasteiger charge is -2.28. The van der Waals surface area contributed by atoms with Crippen LogP contribution < -0.4 is 5.32 Å². The summed E-state index contributed by atoms with van der Waals surface area (Å²) in [4.78, 5) is 32.4. The van der Waals surface area contributed by atoms with Gasteiger partial charge in [0.2, 0.25) is 0 Å². The molecular weight excluding hydrogens is 338 g/mol. The normalized spacial score (nSPS) is 37.6. The number of urea groups is 1. The molecule has 2 fully saturated rings. The fourth-order valence-electron chi connectivity index (χ4n) is 3.83. The first-order valence-electron chi connectivity index (χ1n) is 9.32. The van der Waals surface area contributed by atoms with E-state index in [0.717, 1.165) is 25.8 Å². The van der Waals surface area contributed by atoms with Crippen LogP contribution in [0, 0.1) is 5.92 Å². The monoisotopic (exact) mass is 367 g/mol. The summed E-state index contributed by atoms with van der Waals surface area (Å²) in [5, 5.41) is 14.7. The molecule has 26 heavy (non-hydrogen) atoms. The molecule has 2 aliphatic heterocycles. The van der Waals surface area contributed by atoms with Gasteiger partial charge in [0.1, 0.15) is 5.54 Å². The molecule has 146 valence electrons. The highest BCUT2D eigenvalue weighted by atomic mass is 16.7. The van der Waals surface area contributed by atoms with Crippen LogP contribution >= 0.6 is 0 Å². The molecule has 1 saturated heterocycles. The van der Waals surface area contributed by atoms with Crippen molar-refractivity contribution < 1.29 is 24.3 Å². The fourth-order valence-corrected chi connectivity index (χ4v) is 3.83. The maximum Gasteiger partial charge on any atom is 0.332 e. The molecule has 2 heterocycles. The lowest BCUT2D eigenvalue weighted by molar-refractivity contribution is -0.150. The molecule has 2 amide bonds. The molecule has 8 nitrogen and oxygen atoms in total. The number of ether oxygens (including phenoxy) is 1. The molecule has 0 aromatic rings. The summed E-state index contributed by atoms with van der Waals surface area (Å²) in [7, 11) is 3.22. The van der Waals surface area contributed by atoms with E-state index in [1.54, 1.807) is 9.96 Å². The molecule has 3 rings (SSSR count). The number of carbonyl (C=O) groups excluding carboxylic acids is 2. The van der Waals surface area contributed by atoms with Crippen molar-refractivity contribution in [2.45, 2.75) is 49.8 Å². The second-order valence-corrected chi connectivity index (χ2v) is 7.47. The Balaban J connectivity index is 1.77. The number of rotatable bonds is 1. The highest BCUT2D eigenvalue weighted by molar-refractivity contribution is 5.91. The summed E-state index contributed by atoms with van der Waals surface area (Å²) >= 11 is 0. The van der Waals surface area contributed by atoms with Gasteiger partial charge in [-0.3, -0.25) is 4.84 Å². The van der Waals surface area contributed by atoms with Crippen molar-refractivity contribution in [1.82, 2.24) is 15.3 Å². The van der Waals surface area contributed by atoms with Crippen molar-refractivity contribution in [2.24, 2.45) is 5.92 Å². The summed E-state index contributed by atoms with van der Waals surface area (Å²) in [5.41, 5.74) is -0.988. The number of fused-ring (bicyclic) bond motifs is 2. The van der Waals surface area contributed by atoms with Gasteiger partial charge in [-0.2, -0.15) is 5.06 Å². The Labute approximate surface area is 154 Å². The third-order valence-electron chi connectivity index (χ3n) is 5.50. The molecule has 4 atom stereocenters. The molecule has 0 radical (unpaired) electrons. The first kappa shape index (κ1) is 19.1. The van der Waals surface area contributed by atoms with Gasteiger partial charge in [0.05, 0.1) is 25.9 Å². The van der Waals surface area contributed by atoms with Crippen molar-refractivity contribution in [3.63, 3.8) is 0 Å². The Morgan fingerprint density at radius 1 is 1.46 bits per heavy atom. The lowest BCUT2D eigenvalue weighted by Crippen LogP contribution is -2.53. The SMILES string of the molecule is COC(=O)[C@@]12C[C@@H]1/C=C\CCCCN(C)OC[C@@H]1C[C@@H](O)CN1C(=O)N2. The minimum Gasteiger partial charge on any atom is -0.467 e. The standard InChI is InChI=1S/C18H29N3O5/c1-20-8-6-4-3-5-7-13-10-18(13,16(23)25-2)19-17(24)21-11-15(22)9-14(21)12-26-20/h5,7,13-15,22H,3-4,6,8-12H2,1-2H3,(H,19,24)/b7-5-/t13-,14-,15+,18+/m0/s1. The number of allylic oxidation sites excluding steroid dienone is 1. The van der Waals surface area contributed by atoms with E-state index in [9.17, 15) is 14.7 Å². The first-order valence-corrected chi connectivity index (χ1v) is 9.32. The lowest BCUT2D eigenvalue weighted by atomic mass is 10.1. The van der Waals surface area contributed by atoms with E-state index in [1.807, 2.05) is 13.1 Å². The zero-order valence-corrected chi connectivity index (χ0v) is 15.5. The van der Waals surface area contributed by atoms with Gasteiger partial charge < -0.3 is 20.1 Å². The number of hydroxylamine groups is 2. The fraction of sp³-hybridized carbons (Fsp3) is 0.778. The largest absolute Gasteiger partial charge is 0.467 e. The highest BCUT2D eigenvalue weighted by Crippen LogP contribution is 2.46. The first-order chi connectivity index (χ1) is 12.5. The molecule has 1 saturated carbocycles. The van der Waals surface area contributed by atoms with Crippen LogP contribution in [0.2, 0.25) is 0 Å². The van der Waals surface area contributed by atoms with Crippen LogP contribution in [0.25, 0.3) is 0 Å². The average Bonchev–Trinajstić information content (AvgIpc) is 3.17. The van der Waals surface area contributed by atoms with Crippen LogP contribution in [-0.4, -0.2) is 78.6 Å². The average molecular weight is 367 g/mol. The van der Waals surface area contributed by atoms with Crippen LogP contribution in [0.4, 0.5) is 4.79 Å². The predicted octanol–water partition coefficient (Wildman–Crippen LogP) is 0.666. The minimum absolute atomic E-state index is 0.0473. The van der Waals surface area contributed by atoms with E-state index < -0.39 is 17.6 Å². The second-order valence-electron chi connectivity index (χ2n) is 7.47. The van der Waals surface area contributed by atoms with E-state index in [2.05, 4.69) is 11.4 Å². The molecule has 0 unspecified atom stereocenters. The molecule has 2 N–H and O–H groups in total. The zero-order chi connectivity index (χ0) is 18.7. The Morgan fingerprint density at radius 3 is 3.04 bits per heavy atom. The molecule has 0 aromatic carbocycles. The third kappa shape index (κ3) is 4.02. The number of aliphatic hydroxyl groups excluding tert-OH is 1. The summed E-state index contributed by atoms with van der Waals surface area (Å²) in [6.07, 6.45) is 7.47. The topological polar surface area (TPSA) is 91.3 Å². The number of carbonyl (C=O) groups is 2. The molecule has 1 aliphatic carbocycles. The van der Waals surface area contributed by atoms with Gasteiger partial charge >= 0.3 is 12.0 Å². The predicted molar refractivity (Wildman–Crippen MR) is 94.1 cm³/mol. The molecule has 0 aromatic heterocycles. The van der Waals surface area contributed by atoms with Gasteiger partial charge in [0, 0.05) is 26.1 Å². The number of esters is 1. The number of methoxy groups -OCH3 is 1. The second kappa shape index (κ2) is 7.94. The van der Waals surface area contributed by atoms with E-state index in [0.29, 0.717) is 19.4 Å². The van der Waals surface area contributed by atoms with Gasteiger partial charge in [0.15, 0.2) is 0 Å². The Hall–Kier alpha value is -1.64. The minimum atomic E-state index is -0.988. The van der Waals surface area contributed by atoms with Crippen LogP contribution in [0.1, 0.15) is 32.1 Å². The summed E-state index contributed by atoms with van der Waals surface area (Å²) in [6, 6.07) is -0.575. The maximum absolute atomic E-state index is 12.8. The van der Waals surface area contributed by atoms with Crippen LogP contribution in [0.15, 0.2) is 12.2 Å². The Morgan fingerprint density at radius 2 is 2.27 bits per heavy atom. The third-order valence-corrected chi connectivity index (χ3v) is 5.50. The van der Waals surface area contributed by atoms with Gasteiger partial charge in [-0.25, -0.2) is 9.59 Å². The van der Waals surface area contributed by atoms with Gasteiger partial charge in [-0.05, 0) is 32.1 Å². The van der Waals surface area contributed by atoms with Crippen molar-refractivity contribution >= 4 is 12.0 Å². The maximum atomic E-state index is 12.8. The summed E-state index contributed by atoms with van der Waals surface area (Å²) < 4.78 is 4.93. The van der Waals surface area contributed by atoms with Gasteiger partial charge in [-0.1, -0.05) is 12.2 Å². The van der Waals surface area contributed by atoms with Crippen molar-refractivity contribution in [1.29, 1.82) is 0 Å². The zero-order valence-electron chi connectivity index (χ0n) is 15.5. The Kier molecular flexibility index (Phi) is 5.84. The van der Waals surface area contributed by atoms with Crippen molar-refractivity contribution in [3.05, 3.63) is 12.2 Å². The number of aliphatic hydroxyl groups is 1. The van der Waals surface area contributed by atoms with Gasteiger partial charge in [0.25, 0.3) is 0 Å². The van der Waals surface area contributed by atoms with E-state index >= 15 is 0 Å². The number of hydrogen-bond donors (Lipinski definition) is 2. The highest BCUT2D eigenvalue weighted by Gasteiger charge is 2.61. The molecule has 0 bridgehead atoms. The smallest absolute Gasteiger partial charge is 0.332 e.